The van der Waals surface area contributed by atoms with Crippen molar-refractivity contribution in [1.29, 1.82) is 0 Å². The molecule has 1 aromatic carbocycles. The van der Waals surface area contributed by atoms with Gasteiger partial charge in [-0.1, -0.05) is 0 Å². The molecule has 0 radical (unpaired) electrons. The molecule has 2 aromatic heterocycles. The maximum atomic E-state index is 13.3. The van der Waals surface area contributed by atoms with Crippen molar-refractivity contribution < 1.29 is 18.3 Å². The van der Waals surface area contributed by atoms with E-state index in [0.29, 0.717) is 21.8 Å². The molecule has 0 amide bonds. The average Bonchev–Trinajstić information content (AvgIpc) is 2.90. The smallest absolute Gasteiger partial charge is 0.264 e. The second-order valence-corrected chi connectivity index (χ2v) is 6.24. The van der Waals surface area contributed by atoms with Crippen LogP contribution in [0.2, 0.25) is 0 Å². The minimum atomic E-state index is -2.69. The number of hydrogen-bond acceptors (Lipinski definition) is 5. The molecule has 124 valence electrons. The minimum absolute atomic E-state index is 0.0543. The maximum absolute atomic E-state index is 13.3. The average molecular weight is 348 g/mol. The Morgan fingerprint density at radius 3 is 2.54 bits per heavy atom. The zero-order chi connectivity index (χ0) is 17.4. The van der Waals surface area contributed by atoms with Gasteiger partial charge in [0, 0.05) is 22.2 Å². The van der Waals surface area contributed by atoms with Gasteiger partial charge < -0.3 is 10.5 Å². The van der Waals surface area contributed by atoms with Crippen molar-refractivity contribution in [2.75, 3.05) is 12.8 Å². The van der Waals surface area contributed by atoms with E-state index in [1.54, 1.807) is 31.2 Å². The maximum Gasteiger partial charge on any atom is 0.264 e. The van der Waals surface area contributed by atoms with Crippen molar-refractivity contribution in [3.05, 3.63) is 52.0 Å². The Morgan fingerprint density at radius 2 is 1.96 bits per heavy atom. The summed E-state index contributed by atoms with van der Waals surface area (Å²) in [5, 5.41) is 0.164. The summed E-state index contributed by atoms with van der Waals surface area (Å²) < 4.78 is 31.6. The summed E-state index contributed by atoms with van der Waals surface area (Å²) >= 11 is 1.03. The highest BCUT2D eigenvalue weighted by atomic mass is 32.1. The highest BCUT2D eigenvalue weighted by Gasteiger charge is 2.24. The minimum Gasteiger partial charge on any atom is -0.497 e. The number of rotatable bonds is 4. The number of carbonyl (C=O) groups is 1. The number of carbonyl (C=O) groups excluding carboxylic acids is 1. The summed E-state index contributed by atoms with van der Waals surface area (Å²) in [5.41, 5.74) is 6.74. The van der Waals surface area contributed by atoms with E-state index in [0.717, 1.165) is 11.3 Å². The summed E-state index contributed by atoms with van der Waals surface area (Å²) in [5.74, 6) is 0.296. The fraction of sp³-hybridized carbons (Fsp3) is 0.176. The number of alkyl halides is 2. The zero-order valence-corrected chi connectivity index (χ0v) is 13.8. The van der Waals surface area contributed by atoms with Crippen LogP contribution in [0.3, 0.4) is 0 Å². The molecule has 0 spiro atoms. The van der Waals surface area contributed by atoms with E-state index in [9.17, 15) is 13.6 Å². The molecule has 3 rings (SSSR count). The molecule has 7 heteroatoms. The first-order valence-electron chi connectivity index (χ1n) is 7.08. The van der Waals surface area contributed by atoms with Gasteiger partial charge in [0.1, 0.15) is 15.5 Å². The first-order chi connectivity index (χ1) is 11.4. The van der Waals surface area contributed by atoms with E-state index in [4.69, 9.17) is 10.5 Å². The van der Waals surface area contributed by atoms with Gasteiger partial charge in [-0.2, -0.15) is 0 Å². The molecule has 0 atom stereocenters. The third-order valence-electron chi connectivity index (χ3n) is 3.65. The molecular formula is C17H14F2N2O2S. The largest absolute Gasteiger partial charge is 0.497 e. The first-order valence-corrected chi connectivity index (χ1v) is 7.90. The van der Waals surface area contributed by atoms with E-state index in [2.05, 4.69) is 4.98 Å². The molecule has 2 N–H and O–H groups in total. The van der Waals surface area contributed by atoms with Crippen LogP contribution in [-0.2, 0) is 0 Å². The topological polar surface area (TPSA) is 65.2 Å². The highest BCUT2D eigenvalue weighted by molar-refractivity contribution is 7.21. The van der Waals surface area contributed by atoms with Crippen LogP contribution in [0.5, 0.6) is 5.75 Å². The number of fused-ring (bicyclic) bond motifs is 1. The SMILES string of the molecule is COc1ccc(C(=O)c2sc3nc(C)cc(C(F)F)c3c2N)cc1. The number of thiophene rings is 1. The Kier molecular flexibility index (Phi) is 4.19. The number of anilines is 1. The Balaban J connectivity index is 2.14. The van der Waals surface area contributed by atoms with E-state index in [1.807, 2.05) is 0 Å². The molecule has 0 unspecified atom stereocenters. The van der Waals surface area contributed by atoms with Gasteiger partial charge in [0.2, 0.25) is 5.78 Å². The number of aryl methyl sites for hydroxylation is 1. The van der Waals surface area contributed by atoms with Gasteiger partial charge in [0.15, 0.2) is 0 Å². The molecule has 24 heavy (non-hydrogen) atoms. The van der Waals surface area contributed by atoms with Crippen LogP contribution in [-0.4, -0.2) is 17.9 Å². The van der Waals surface area contributed by atoms with Gasteiger partial charge in [0.25, 0.3) is 6.43 Å². The van der Waals surface area contributed by atoms with Crippen molar-refractivity contribution in [2.45, 2.75) is 13.3 Å². The number of nitrogens with two attached hydrogens (primary N) is 1. The number of hydrogen-bond donors (Lipinski definition) is 1. The lowest BCUT2D eigenvalue weighted by atomic mass is 10.1. The van der Waals surface area contributed by atoms with Gasteiger partial charge in [-0.05, 0) is 37.3 Å². The van der Waals surface area contributed by atoms with Crippen molar-refractivity contribution in [3.8, 4) is 5.75 Å². The summed E-state index contributed by atoms with van der Waals surface area (Å²) in [7, 11) is 1.53. The lowest BCUT2D eigenvalue weighted by Crippen LogP contribution is -2.02. The number of aromatic nitrogens is 1. The van der Waals surface area contributed by atoms with Gasteiger partial charge in [-0.25, -0.2) is 13.8 Å². The molecule has 3 aromatic rings. The number of ketones is 1. The van der Waals surface area contributed by atoms with Crippen LogP contribution < -0.4 is 10.5 Å². The van der Waals surface area contributed by atoms with Gasteiger partial charge in [0.05, 0.1) is 12.8 Å². The lowest BCUT2D eigenvalue weighted by Gasteiger charge is -2.05. The summed E-state index contributed by atoms with van der Waals surface area (Å²) in [4.78, 5) is 17.5. The Hall–Kier alpha value is -2.54. The van der Waals surface area contributed by atoms with E-state index >= 15 is 0 Å². The fourth-order valence-electron chi connectivity index (χ4n) is 2.49. The lowest BCUT2D eigenvalue weighted by molar-refractivity contribution is 0.104. The molecule has 0 aliphatic heterocycles. The van der Waals surface area contributed by atoms with Crippen LogP contribution >= 0.6 is 11.3 Å². The summed E-state index contributed by atoms with van der Waals surface area (Å²) in [6.45, 7) is 1.63. The normalized spacial score (nSPS) is 11.2. The van der Waals surface area contributed by atoms with Gasteiger partial charge >= 0.3 is 0 Å². The number of ether oxygens (including phenoxy) is 1. The Labute approximate surface area is 140 Å². The number of benzene rings is 1. The van der Waals surface area contributed by atoms with Crippen LogP contribution in [0.15, 0.2) is 30.3 Å². The number of nitrogen functional groups attached to an aromatic ring is 1. The van der Waals surface area contributed by atoms with Crippen LogP contribution in [0.25, 0.3) is 10.2 Å². The quantitative estimate of drug-likeness (QED) is 0.711. The molecule has 2 heterocycles. The zero-order valence-electron chi connectivity index (χ0n) is 13.0. The molecule has 0 saturated carbocycles. The second kappa shape index (κ2) is 6.16. The third kappa shape index (κ3) is 2.71. The molecular weight excluding hydrogens is 334 g/mol. The molecule has 0 fully saturated rings. The monoisotopic (exact) mass is 348 g/mol. The second-order valence-electron chi connectivity index (χ2n) is 5.24. The van der Waals surface area contributed by atoms with Crippen molar-refractivity contribution in [1.82, 2.24) is 4.98 Å². The van der Waals surface area contributed by atoms with Crippen LogP contribution in [0.1, 0.15) is 32.9 Å². The van der Waals surface area contributed by atoms with Crippen molar-refractivity contribution >= 4 is 33.0 Å². The molecule has 0 aliphatic carbocycles. The molecule has 0 saturated heterocycles. The van der Waals surface area contributed by atoms with Gasteiger partial charge in [-0.3, -0.25) is 4.79 Å². The van der Waals surface area contributed by atoms with E-state index in [1.165, 1.54) is 13.2 Å². The number of methoxy groups -OCH3 is 1. The molecule has 0 aliphatic rings. The van der Waals surface area contributed by atoms with E-state index < -0.39 is 6.43 Å². The molecule has 0 bridgehead atoms. The number of halogens is 2. The van der Waals surface area contributed by atoms with Crippen molar-refractivity contribution in [3.63, 3.8) is 0 Å². The Bertz CT molecular complexity index is 920. The first kappa shape index (κ1) is 16.3. The molecule has 4 nitrogen and oxygen atoms in total. The predicted octanol–water partition coefficient (Wildman–Crippen LogP) is 4.36. The third-order valence-corrected chi connectivity index (χ3v) is 4.75. The predicted molar refractivity (Wildman–Crippen MR) is 90.2 cm³/mol. The van der Waals surface area contributed by atoms with Gasteiger partial charge in [-0.15, -0.1) is 11.3 Å². The van der Waals surface area contributed by atoms with Crippen molar-refractivity contribution in [2.24, 2.45) is 0 Å². The Morgan fingerprint density at radius 1 is 1.29 bits per heavy atom. The summed E-state index contributed by atoms with van der Waals surface area (Å²) in [6.07, 6.45) is -2.69. The number of pyridine rings is 1. The fourth-order valence-corrected chi connectivity index (χ4v) is 3.63. The van der Waals surface area contributed by atoms with Crippen LogP contribution in [0.4, 0.5) is 14.5 Å². The van der Waals surface area contributed by atoms with Crippen LogP contribution in [0, 0.1) is 6.92 Å². The standard InChI is InChI=1S/C17H14F2N2O2S/c1-8-7-11(16(18)19)12-13(20)15(24-17(12)21-8)14(22)9-3-5-10(23-2)6-4-9/h3-7,16H,20H2,1-2H3. The van der Waals surface area contributed by atoms with E-state index in [-0.39, 0.29) is 27.3 Å². The highest BCUT2D eigenvalue weighted by Crippen LogP contribution is 2.39. The number of nitrogens with zero attached hydrogens (tertiary/aromatic N) is 1. The summed E-state index contributed by atoms with van der Waals surface area (Å²) in [6, 6.07) is 7.83.